The van der Waals surface area contributed by atoms with Gasteiger partial charge in [-0.15, -0.1) is 0 Å². The topological polar surface area (TPSA) is 47.3 Å². The molecule has 0 amide bonds. The molecule has 0 saturated carbocycles. The quantitative estimate of drug-likeness (QED) is 0.564. The third-order valence-corrected chi connectivity index (χ3v) is 2.71. The van der Waals surface area contributed by atoms with Crippen LogP contribution in [-0.2, 0) is 4.74 Å². The van der Waals surface area contributed by atoms with E-state index in [9.17, 15) is 0 Å². The molecule has 0 spiro atoms. The average Bonchev–Trinajstić information content (AvgIpc) is 2.28. The van der Waals surface area contributed by atoms with Crippen molar-refractivity contribution in [3.8, 4) is 0 Å². The Balaban J connectivity index is 2.20. The Morgan fingerprint density at radius 2 is 2.06 bits per heavy atom. The molecule has 0 unspecified atom stereocenters. The maximum atomic E-state index is 5.85. The van der Waals surface area contributed by atoms with Crippen molar-refractivity contribution in [1.29, 1.82) is 0 Å². The molecule has 0 aliphatic rings. The van der Waals surface area contributed by atoms with Gasteiger partial charge in [-0.05, 0) is 51.3 Å². The van der Waals surface area contributed by atoms with Crippen LogP contribution in [-0.4, -0.2) is 19.3 Å². The van der Waals surface area contributed by atoms with Crippen LogP contribution in [0.3, 0.4) is 0 Å². The number of nitrogen functional groups attached to an aromatic ring is 1. The summed E-state index contributed by atoms with van der Waals surface area (Å²) in [6.45, 7) is 7.98. The van der Waals surface area contributed by atoms with Gasteiger partial charge in [-0.25, -0.2) is 0 Å². The molecule has 0 bridgehead atoms. The van der Waals surface area contributed by atoms with E-state index < -0.39 is 0 Å². The van der Waals surface area contributed by atoms with Crippen molar-refractivity contribution in [1.82, 2.24) is 0 Å². The molecule has 0 fully saturated rings. The highest BCUT2D eigenvalue weighted by Gasteiger charge is 2.00. The summed E-state index contributed by atoms with van der Waals surface area (Å²) in [7, 11) is 0. The number of anilines is 2. The fraction of sp³-hybridized carbons (Fsp3) is 0.571. The maximum absolute atomic E-state index is 5.85. The van der Waals surface area contributed by atoms with Crippen molar-refractivity contribution >= 4 is 11.4 Å². The minimum Gasteiger partial charge on any atom is -0.398 e. The molecule has 1 aromatic carbocycles. The minimum absolute atomic E-state index is 0.333. The van der Waals surface area contributed by atoms with E-state index in [0.717, 1.165) is 42.9 Å². The highest BCUT2D eigenvalue weighted by molar-refractivity contribution is 5.62. The van der Waals surface area contributed by atoms with Crippen LogP contribution in [0, 0.1) is 6.92 Å². The zero-order valence-corrected chi connectivity index (χ0v) is 11.1. The van der Waals surface area contributed by atoms with Crippen molar-refractivity contribution in [3.05, 3.63) is 23.8 Å². The summed E-state index contributed by atoms with van der Waals surface area (Å²) in [4.78, 5) is 0. The van der Waals surface area contributed by atoms with Gasteiger partial charge in [0.15, 0.2) is 0 Å². The predicted octanol–water partition coefficient (Wildman–Crippen LogP) is 3.19. The normalized spacial score (nSPS) is 10.8. The summed E-state index contributed by atoms with van der Waals surface area (Å²) in [5.74, 6) is 0. The van der Waals surface area contributed by atoms with E-state index in [1.807, 2.05) is 19.1 Å². The lowest BCUT2D eigenvalue weighted by Gasteiger charge is -2.11. The Kier molecular flexibility index (Phi) is 5.84. The summed E-state index contributed by atoms with van der Waals surface area (Å²) in [5, 5.41) is 3.41. The summed E-state index contributed by atoms with van der Waals surface area (Å²) in [6, 6.07) is 5.97. The summed E-state index contributed by atoms with van der Waals surface area (Å²) in [5.41, 5.74) is 8.96. The molecular formula is C14H24N2O. The van der Waals surface area contributed by atoms with E-state index in [1.165, 1.54) is 0 Å². The molecule has 1 aromatic rings. The molecule has 3 heteroatoms. The highest BCUT2D eigenvalue weighted by Crippen LogP contribution is 2.20. The standard InChI is InChI=1S/C14H24N2O/c1-11(2)17-10-5-4-9-16-14-8-6-7-13(15)12(14)3/h6-8,11,16H,4-5,9-10,15H2,1-3H3. The van der Waals surface area contributed by atoms with E-state index in [4.69, 9.17) is 10.5 Å². The smallest absolute Gasteiger partial charge is 0.0518 e. The molecule has 1 rings (SSSR count). The van der Waals surface area contributed by atoms with Gasteiger partial charge < -0.3 is 15.8 Å². The first-order valence-electron chi connectivity index (χ1n) is 6.32. The van der Waals surface area contributed by atoms with Crippen LogP contribution in [0.15, 0.2) is 18.2 Å². The van der Waals surface area contributed by atoms with Crippen molar-refractivity contribution in [3.63, 3.8) is 0 Å². The summed E-state index contributed by atoms with van der Waals surface area (Å²) in [6.07, 6.45) is 2.53. The number of rotatable bonds is 7. The van der Waals surface area contributed by atoms with Crippen molar-refractivity contribution in [2.45, 2.75) is 39.7 Å². The monoisotopic (exact) mass is 236 g/mol. The number of ether oxygens (including phenoxy) is 1. The minimum atomic E-state index is 0.333. The molecule has 0 heterocycles. The third-order valence-electron chi connectivity index (χ3n) is 2.71. The molecule has 0 saturated heterocycles. The third kappa shape index (κ3) is 5.09. The molecule has 96 valence electrons. The second-order valence-electron chi connectivity index (χ2n) is 4.57. The van der Waals surface area contributed by atoms with Gasteiger partial charge in [-0.3, -0.25) is 0 Å². The van der Waals surface area contributed by atoms with Gasteiger partial charge in [0, 0.05) is 24.5 Å². The number of unbranched alkanes of at least 4 members (excludes halogenated alkanes) is 1. The first-order chi connectivity index (χ1) is 8.11. The lowest BCUT2D eigenvalue weighted by Crippen LogP contribution is -2.08. The average molecular weight is 236 g/mol. The predicted molar refractivity (Wildman–Crippen MR) is 74.4 cm³/mol. The van der Waals surface area contributed by atoms with Crippen LogP contribution in [0.25, 0.3) is 0 Å². The maximum Gasteiger partial charge on any atom is 0.0518 e. The number of nitrogens with one attached hydrogen (secondary N) is 1. The van der Waals surface area contributed by atoms with E-state index in [-0.39, 0.29) is 0 Å². The Bertz CT molecular complexity index is 337. The first kappa shape index (κ1) is 13.8. The van der Waals surface area contributed by atoms with Gasteiger partial charge >= 0.3 is 0 Å². The molecule has 0 aliphatic carbocycles. The molecule has 3 N–H and O–H groups in total. The fourth-order valence-electron chi connectivity index (χ4n) is 1.61. The van der Waals surface area contributed by atoms with Crippen LogP contribution < -0.4 is 11.1 Å². The van der Waals surface area contributed by atoms with Gasteiger partial charge in [0.25, 0.3) is 0 Å². The second-order valence-corrected chi connectivity index (χ2v) is 4.57. The first-order valence-corrected chi connectivity index (χ1v) is 6.32. The summed E-state index contributed by atoms with van der Waals surface area (Å²) >= 11 is 0. The molecule has 0 aromatic heterocycles. The van der Waals surface area contributed by atoms with Crippen LogP contribution >= 0.6 is 0 Å². The molecule has 3 nitrogen and oxygen atoms in total. The van der Waals surface area contributed by atoms with E-state index in [0.29, 0.717) is 6.10 Å². The van der Waals surface area contributed by atoms with Gasteiger partial charge in [0.2, 0.25) is 0 Å². The number of benzene rings is 1. The number of nitrogens with two attached hydrogens (primary N) is 1. The molecule has 0 aliphatic heterocycles. The van der Waals surface area contributed by atoms with Crippen LogP contribution in [0.1, 0.15) is 32.3 Å². The largest absolute Gasteiger partial charge is 0.398 e. The Hall–Kier alpha value is -1.22. The zero-order chi connectivity index (χ0) is 12.7. The van der Waals surface area contributed by atoms with Crippen molar-refractivity contribution in [2.24, 2.45) is 0 Å². The van der Waals surface area contributed by atoms with Crippen LogP contribution in [0.4, 0.5) is 11.4 Å². The van der Waals surface area contributed by atoms with Crippen molar-refractivity contribution < 1.29 is 4.74 Å². The molecule has 0 radical (unpaired) electrons. The second kappa shape index (κ2) is 7.17. The molecule has 17 heavy (non-hydrogen) atoms. The lowest BCUT2D eigenvalue weighted by molar-refractivity contribution is 0.0765. The zero-order valence-electron chi connectivity index (χ0n) is 11.1. The van der Waals surface area contributed by atoms with Gasteiger partial charge in [-0.1, -0.05) is 6.07 Å². The Morgan fingerprint density at radius 3 is 2.76 bits per heavy atom. The van der Waals surface area contributed by atoms with E-state index >= 15 is 0 Å². The SMILES string of the molecule is Cc1c(N)cccc1NCCCCOC(C)C. The van der Waals surface area contributed by atoms with Crippen LogP contribution in [0.5, 0.6) is 0 Å². The lowest BCUT2D eigenvalue weighted by atomic mass is 10.1. The Labute approximate surface area is 104 Å². The van der Waals surface area contributed by atoms with E-state index in [1.54, 1.807) is 0 Å². The van der Waals surface area contributed by atoms with Crippen LogP contribution in [0.2, 0.25) is 0 Å². The fourth-order valence-corrected chi connectivity index (χ4v) is 1.61. The molecular weight excluding hydrogens is 212 g/mol. The van der Waals surface area contributed by atoms with E-state index in [2.05, 4.69) is 25.2 Å². The Morgan fingerprint density at radius 1 is 1.29 bits per heavy atom. The van der Waals surface area contributed by atoms with Gasteiger partial charge in [0.05, 0.1) is 6.10 Å². The van der Waals surface area contributed by atoms with Gasteiger partial charge in [0.1, 0.15) is 0 Å². The van der Waals surface area contributed by atoms with Crippen molar-refractivity contribution in [2.75, 3.05) is 24.2 Å². The number of hydrogen-bond donors (Lipinski definition) is 2. The van der Waals surface area contributed by atoms with Gasteiger partial charge in [-0.2, -0.15) is 0 Å². The summed E-state index contributed by atoms with van der Waals surface area (Å²) < 4.78 is 5.49. The number of hydrogen-bond acceptors (Lipinski definition) is 3. The highest BCUT2D eigenvalue weighted by atomic mass is 16.5. The molecule has 0 atom stereocenters.